The Kier molecular flexibility index (Phi) is 5.52. The van der Waals surface area contributed by atoms with Crippen LogP contribution in [0.5, 0.6) is 0 Å². The standard InChI is InChI=1S/C16H18ClN5O3S2/c1-10(2)22-16-11(7-19-22)6-12(8-18-16)20-14(23)9-21(3)27(24,25)15-5-4-13(17)26-15/h4-8,10H,9H2,1-3H3,(H,20,23). The van der Waals surface area contributed by atoms with Crippen molar-refractivity contribution in [1.29, 1.82) is 0 Å². The van der Waals surface area contributed by atoms with E-state index in [1.54, 1.807) is 16.9 Å². The quantitative estimate of drug-likeness (QED) is 0.652. The van der Waals surface area contributed by atoms with Crippen molar-refractivity contribution in [2.24, 2.45) is 0 Å². The zero-order valence-electron chi connectivity index (χ0n) is 14.9. The fourth-order valence-corrected chi connectivity index (χ4v) is 5.28. The number of aromatic nitrogens is 3. The molecule has 3 aromatic heterocycles. The van der Waals surface area contributed by atoms with Crippen LogP contribution in [0.15, 0.2) is 34.8 Å². The number of carbonyl (C=O) groups excluding carboxylic acids is 1. The predicted octanol–water partition coefficient (Wildman–Crippen LogP) is 2.99. The molecule has 0 aliphatic carbocycles. The highest BCUT2D eigenvalue weighted by molar-refractivity contribution is 7.91. The molecule has 3 rings (SSSR count). The number of hydrogen-bond acceptors (Lipinski definition) is 6. The Labute approximate surface area is 165 Å². The van der Waals surface area contributed by atoms with E-state index in [-0.39, 0.29) is 16.8 Å². The number of carbonyl (C=O) groups is 1. The van der Waals surface area contributed by atoms with Crippen LogP contribution in [0, 0.1) is 0 Å². The van der Waals surface area contributed by atoms with Gasteiger partial charge in [-0.1, -0.05) is 11.6 Å². The first-order valence-electron chi connectivity index (χ1n) is 8.03. The van der Waals surface area contributed by atoms with E-state index in [4.69, 9.17) is 11.6 Å². The molecular formula is C16H18ClN5O3S2. The van der Waals surface area contributed by atoms with Gasteiger partial charge in [-0.25, -0.2) is 18.1 Å². The monoisotopic (exact) mass is 427 g/mol. The van der Waals surface area contributed by atoms with Gasteiger partial charge in [0.2, 0.25) is 5.91 Å². The normalized spacial score (nSPS) is 12.2. The molecule has 0 aromatic carbocycles. The highest BCUT2D eigenvalue weighted by Gasteiger charge is 2.24. The molecule has 0 fully saturated rings. The first-order chi connectivity index (χ1) is 12.7. The molecule has 8 nitrogen and oxygen atoms in total. The summed E-state index contributed by atoms with van der Waals surface area (Å²) in [6, 6.07) is 4.84. The van der Waals surface area contributed by atoms with Crippen molar-refractivity contribution in [2.75, 3.05) is 18.9 Å². The fraction of sp³-hybridized carbons (Fsp3) is 0.312. The second-order valence-electron chi connectivity index (χ2n) is 6.19. The number of hydrogen-bond donors (Lipinski definition) is 1. The average molecular weight is 428 g/mol. The van der Waals surface area contributed by atoms with Crippen molar-refractivity contribution in [3.8, 4) is 0 Å². The molecule has 0 spiro atoms. The maximum Gasteiger partial charge on any atom is 0.252 e. The minimum atomic E-state index is -3.77. The van der Waals surface area contributed by atoms with Gasteiger partial charge < -0.3 is 5.32 Å². The fourth-order valence-electron chi connectivity index (χ4n) is 2.46. The molecule has 0 bridgehead atoms. The van der Waals surface area contributed by atoms with Gasteiger partial charge in [0.25, 0.3) is 10.0 Å². The van der Waals surface area contributed by atoms with Crippen molar-refractivity contribution in [3.63, 3.8) is 0 Å². The number of fused-ring (bicyclic) bond motifs is 1. The summed E-state index contributed by atoms with van der Waals surface area (Å²) >= 11 is 6.74. The van der Waals surface area contributed by atoms with Crippen LogP contribution in [0.3, 0.4) is 0 Å². The van der Waals surface area contributed by atoms with Crippen molar-refractivity contribution < 1.29 is 13.2 Å². The van der Waals surface area contributed by atoms with Gasteiger partial charge in [0.05, 0.1) is 29.0 Å². The predicted molar refractivity (Wildman–Crippen MR) is 106 cm³/mol. The SMILES string of the molecule is CC(C)n1ncc2cc(NC(=O)CN(C)S(=O)(=O)c3ccc(Cl)s3)cnc21. The van der Waals surface area contributed by atoms with Crippen LogP contribution in [0.25, 0.3) is 11.0 Å². The molecule has 0 aliphatic heterocycles. The summed E-state index contributed by atoms with van der Waals surface area (Å²) in [5, 5.41) is 7.73. The molecule has 0 unspecified atom stereocenters. The summed E-state index contributed by atoms with van der Waals surface area (Å²) in [6.45, 7) is 3.67. The number of thiophene rings is 1. The molecule has 144 valence electrons. The van der Waals surface area contributed by atoms with Crippen LogP contribution in [-0.4, -0.2) is 47.0 Å². The van der Waals surface area contributed by atoms with E-state index in [9.17, 15) is 13.2 Å². The number of likely N-dealkylation sites (N-methyl/N-ethyl adjacent to an activating group) is 1. The molecule has 1 N–H and O–H groups in total. The minimum absolute atomic E-state index is 0.0898. The number of halogens is 1. The van der Waals surface area contributed by atoms with Crippen molar-refractivity contribution in [3.05, 3.63) is 34.9 Å². The molecule has 0 aliphatic rings. The molecule has 0 atom stereocenters. The van der Waals surface area contributed by atoms with Gasteiger partial charge in [0, 0.05) is 18.5 Å². The number of rotatable bonds is 6. The van der Waals surface area contributed by atoms with Crippen LogP contribution in [0.2, 0.25) is 4.34 Å². The summed E-state index contributed by atoms with van der Waals surface area (Å²) in [7, 11) is -2.42. The lowest BCUT2D eigenvalue weighted by Crippen LogP contribution is -2.34. The molecule has 27 heavy (non-hydrogen) atoms. The molecule has 3 heterocycles. The van der Waals surface area contributed by atoms with E-state index >= 15 is 0 Å². The number of anilines is 1. The van der Waals surface area contributed by atoms with E-state index in [2.05, 4.69) is 15.4 Å². The van der Waals surface area contributed by atoms with Gasteiger partial charge in [0.15, 0.2) is 5.65 Å². The van der Waals surface area contributed by atoms with Gasteiger partial charge in [0.1, 0.15) is 4.21 Å². The topological polar surface area (TPSA) is 97.2 Å². The molecule has 0 saturated heterocycles. The summed E-state index contributed by atoms with van der Waals surface area (Å²) in [4.78, 5) is 16.6. The molecule has 11 heteroatoms. The van der Waals surface area contributed by atoms with Gasteiger partial charge in [-0.3, -0.25) is 4.79 Å². The molecule has 0 radical (unpaired) electrons. The van der Waals surface area contributed by atoms with E-state index in [1.807, 2.05) is 13.8 Å². The average Bonchev–Trinajstić information content (AvgIpc) is 3.20. The second-order valence-corrected chi connectivity index (χ2v) is 10.2. The summed E-state index contributed by atoms with van der Waals surface area (Å²) in [5.74, 6) is -0.471. The number of nitrogens with zero attached hydrogens (tertiary/aromatic N) is 4. The maximum atomic E-state index is 12.4. The van der Waals surface area contributed by atoms with E-state index in [0.717, 1.165) is 26.7 Å². The minimum Gasteiger partial charge on any atom is -0.324 e. The van der Waals surface area contributed by atoms with Gasteiger partial charge in [-0.05, 0) is 32.0 Å². The zero-order valence-corrected chi connectivity index (χ0v) is 17.3. The summed E-state index contributed by atoms with van der Waals surface area (Å²) < 4.78 is 28.1. The lowest BCUT2D eigenvalue weighted by Gasteiger charge is -2.15. The highest BCUT2D eigenvalue weighted by Crippen LogP contribution is 2.27. The summed E-state index contributed by atoms with van der Waals surface area (Å²) in [6.07, 6.45) is 3.20. The van der Waals surface area contributed by atoms with Gasteiger partial charge in [-0.2, -0.15) is 9.40 Å². The number of amides is 1. The Morgan fingerprint density at radius 1 is 1.37 bits per heavy atom. The largest absolute Gasteiger partial charge is 0.324 e. The zero-order chi connectivity index (χ0) is 19.8. The van der Waals surface area contributed by atoms with Crippen LogP contribution in [-0.2, 0) is 14.8 Å². The first-order valence-corrected chi connectivity index (χ1v) is 10.7. The highest BCUT2D eigenvalue weighted by atomic mass is 35.5. The van der Waals surface area contributed by atoms with Crippen LogP contribution >= 0.6 is 22.9 Å². The number of nitrogens with one attached hydrogen (secondary N) is 1. The van der Waals surface area contributed by atoms with Gasteiger partial charge in [-0.15, -0.1) is 11.3 Å². The molecule has 0 saturated carbocycles. The van der Waals surface area contributed by atoms with Crippen LogP contribution < -0.4 is 5.32 Å². The summed E-state index contributed by atoms with van der Waals surface area (Å²) in [5.41, 5.74) is 1.19. The third-order valence-corrected chi connectivity index (χ3v) is 7.29. The number of sulfonamides is 1. The lowest BCUT2D eigenvalue weighted by molar-refractivity contribution is -0.116. The Morgan fingerprint density at radius 3 is 2.74 bits per heavy atom. The molecular weight excluding hydrogens is 410 g/mol. The van der Waals surface area contributed by atoms with E-state index in [1.165, 1.54) is 25.4 Å². The lowest BCUT2D eigenvalue weighted by atomic mass is 10.3. The third-order valence-electron chi connectivity index (χ3n) is 3.79. The maximum absolute atomic E-state index is 12.4. The van der Waals surface area contributed by atoms with Crippen molar-refractivity contribution >= 4 is 55.6 Å². The first kappa shape index (κ1) is 19.7. The third kappa shape index (κ3) is 4.13. The number of pyridine rings is 1. The Hall–Kier alpha value is -2.01. The smallest absolute Gasteiger partial charge is 0.252 e. The van der Waals surface area contributed by atoms with Crippen LogP contribution in [0.1, 0.15) is 19.9 Å². The Bertz CT molecular complexity index is 1090. The van der Waals surface area contributed by atoms with Crippen LogP contribution in [0.4, 0.5) is 5.69 Å². The Morgan fingerprint density at radius 2 is 2.11 bits per heavy atom. The van der Waals surface area contributed by atoms with Crippen molar-refractivity contribution in [1.82, 2.24) is 19.1 Å². The Balaban J connectivity index is 1.71. The molecule has 1 amide bonds. The molecule has 3 aromatic rings. The van der Waals surface area contributed by atoms with E-state index < -0.39 is 15.9 Å². The van der Waals surface area contributed by atoms with Gasteiger partial charge >= 0.3 is 0 Å². The van der Waals surface area contributed by atoms with E-state index in [0.29, 0.717) is 10.0 Å². The second kappa shape index (κ2) is 7.55. The van der Waals surface area contributed by atoms with Crippen molar-refractivity contribution in [2.45, 2.75) is 24.1 Å².